The lowest BCUT2D eigenvalue weighted by atomic mass is 10.1. The van der Waals surface area contributed by atoms with Crippen LogP contribution in [0.3, 0.4) is 0 Å². The Kier molecular flexibility index (Phi) is 8.32. The molecule has 9 nitrogen and oxygen atoms in total. The quantitative estimate of drug-likeness (QED) is 0.222. The number of rotatable bonds is 10. The summed E-state index contributed by atoms with van der Waals surface area (Å²) in [5.74, 6) is -2.46. The molecule has 0 radical (unpaired) electrons. The van der Waals surface area contributed by atoms with Gasteiger partial charge in [0.2, 0.25) is 11.2 Å². The van der Waals surface area contributed by atoms with Crippen LogP contribution in [0.4, 0.5) is 13.9 Å². The van der Waals surface area contributed by atoms with Crippen LogP contribution in [0.2, 0.25) is 0 Å². The number of aromatic nitrogens is 1. The summed E-state index contributed by atoms with van der Waals surface area (Å²) >= 11 is 1.03. The van der Waals surface area contributed by atoms with Crippen LogP contribution in [0.25, 0.3) is 0 Å². The van der Waals surface area contributed by atoms with Crippen LogP contribution in [0.1, 0.15) is 47.7 Å². The third-order valence-corrected chi connectivity index (χ3v) is 10.3. The first-order valence-electron chi connectivity index (χ1n) is 14.0. The first-order valence-corrected chi connectivity index (χ1v) is 16.3. The topological polar surface area (TPSA) is 115 Å². The number of likely N-dealkylation sites (tertiary alicyclic amines) is 1. The number of thiazole rings is 1. The van der Waals surface area contributed by atoms with Gasteiger partial charge < -0.3 is 14.4 Å². The largest absolute Gasteiger partial charge is 0.473 e. The summed E-state index contributed by atoms with van der Waals surface area (Å²) < 4.78 is 64.7. The summed E-state index contributed by atoms with van der Waals surface area (Å²) in [5, 5.41) is 2.73. The van der Waals surface area contributed by atoms with Crippen LogP contribution in [-0.2, 0) is 14.6 Å². The maximum Gasteiger partial charge on any atom is 0.271 e. The van der Waals surface area contributed by atoms with Crippen molar-refractivity contribution in [3.63, 3.8) is 0 Å². The van der Waals surface area contributed by atoms with Gasteiger partial charge in [0.1, 0.15) is 11.6 Å². The molecule has 3 aromatic carbocycles. The number of carbonyl (C=O) groups is 2. The smallest absolute Gasteiger partial charge is 0.271 e. The van der Waals surface area contributed by atoms with Crippen molar-refractivity contribution in [2.45, 2.75) is 41.9 Å². The van der Waals surface area contributed by atoms with E-state index in [1.807, 2.05) is 4.90 Å². The third-order valence-electron chi connectivity index (χ3n) is 7.28. The number of benzene rings is 3. The Hall–Kier alpha value is -4.36. The first kappa shape index (κ1) is 29.7. The zero-order valence-corrected chi connectivity index (χ0v) is 24.9. The third kappa shape index (κ3) is 6.58. The van der Waals surface area contributed by atoms with Crippen LogP contribution < -0.4 is 14.8 Å². The number of amides is 2. The zero-order chi connectivity index (χ0) is 30.8. The van der Waals surface area contributed by atoms with E-state index in [2.05, 4.69) is 10.3 Å². The maximum absolute atomic E-state index is 14.5. The zero-order valence-electron chi connectivity index (χ0n) is 23.2. The maximum atomic E-state index is 14.5. The predicted octanol–water partition coefficient (Wildman–Crippen LogP) is 6.14. The van der Waals surface area contributed by atoms with Crippen molar-refractivity contribution in [3.8, 4) is 16.6 Å². The molecule has 1 unspecified atom stereocenters. The Morgan fingerprint density at radius 1 is 0.977 bits per heavy atom. The van der Waals surface area contributed by atoms with E-state index >= 15 is 0 Å². The van der Waals surface area contributed by atoms with E-state index in [1.54, 1.807) is 24.3 Å². The van der Waals surface area contributed by atoms with Gasteiger partial charge in [-0.15, -0.1) is 0 Å². The highest BCUT2D eigenvalue weighted by atomic mass is 32.2. The number of hydrogen-bond donors (Lipinski definition) is 1. The summed E-state index contributed by atoms with van der Waals surface area (Å²) in [5.41, 5.74) is 0.816. The molecule has 2 fully saturated rings. The highest BCUT2D eigenvalue weighted by Crippen LogP contribution is 2.35. The molecule has 2 heterocycles. The molecule has 228 valence electrons. The standard InChI is InChI=1S/C31H27F2N3O6S2/c32-21-7-14-26(25(33)17-21)42-28(19-5-10-23(11-6-19)44(39,40)24-12-13-24)29(37)35-31-34-18-27(43-31)41-22-8-3-20(4-9-22)30(38)36-15-1-2-16-36/h3-11,14,17-18,24,28H,1-2,12-13,15-16H2,(H,34,35,37). The lowest BCUT2D eigenvalue weighted by Crippen LogP contribution is -2.27. The van der Waals surface area contributed by atoms with E-state index < -0.39 is 38.7 Å². The number of nitrogens with one attached hydrogen (secondary N) is 1. The lowest BCUT2D eigenvalue weighted by Gasteiger charge is -2.19. The van der Waals surface area contributed by atoms with Gasteiger partial charge in [-0.3, -0.25) is 14.9 Å². The van der Waals surface area contributed by atoms with Gasteiger partial charge >= 0.3 is 0 Å². The number of hydrogen-bond acceptors (Lipinski definition) is 8. The fraction of sp³-hybridized carbons (Fsp3) is 0.258. The molecule has 1 aromatic heterocycles. The molecule has 6 rings (SSSR count). The van der Waals surface area contributed by atoms with Crippen molar-refractivity contribution in [3.05, 3.63) is 95.7 Å². The molecule has 1 N–H and O–H groups in total. The van der Waals surface area contributed by atoms with Crippen molar-refractivity contribution < 1.29 is 36.3 Å². The second-order valence-corrected chi connectivity index (χ2v) is 13.7. The molecule has 1 aliphatic carbocycles. The minimum Gasteiger partial charge on any atom is -0.473 e. The molecule has 1 saturated heterocycles. The van der Waals surface area contributed by atoms with Crippen molar-refractivity contribution in [1.29, 1.82) is 0 Å². The van der Waals surface area contributed by atoms with Crippen molar-refractivity contribution in [2.75, 3.05) is 18.4 Å². The van der Waals surface area contributed by atoms with Crippen molar-refractivity contribution in [1.82, 2.24) is 9.88 Å². The van der Waals surface area contributed by atoms with E-state index in [0.717, 1.165) is 49.4 Å². The monoisotopic (exact) mass is 639 g/mol. The molecule has 44 heavy (non-hydrogen) atoms. The molecular formula is C31H27F2N3O6S2. The Bertz CT molecular complexity index is 1790. The van der Waals surface area contributed by atoms with Crippen LogP contribution in [0.15, 0.2) is 77.8 Å². The molecule has 2 amide bonds. The average molecular weight is 640 g/mol. The molecule has 4 aromatic rings. The number of carbonyl (C=O) groups excluding carboxylic acids is 2. The Balaban J connectivity index is 1.17. The van der Waals surface area contributed by atoms with Gasteiger partial charge in [-0.05, 0) is 74.2 Å². The van der Waals surface area contributed by atoms with E-state index in [0.29, 0.717) is 35.3 Å². The summed E-state index contributed by atoms with van der Waals surface area (Å²) in [7, 11) is -3.47. The minimum atomic E-state index is -3.47. The van der Waals surface area contributed by atoms with Gasteiger partial charge in [-0.1, -0.05) is 23.5 Å². The molecule has 0 bridgehead atoms. The summed E-state index contributed by atoms with van der Waals surface area (Å²) in [6.45, 7) is 1.51. The van der Waals surface area contributed by atoms with E-state index in [9.17, 15) is 26.8 Å². The Morgan fingerprint density at radius 2 is 1.68 bits per heavy atom. The fourth-order valence-electron chi connectivity index (χ4n) is 4.79. The molecule has 1 aliphatic heterocycles. The normalized spacial score (nSPS) is 15.5. The van der Waals surface area contributed by atoms with Crippen LogP contribution in [0.5, 0.6) is 16.6 Å². The van der Waals surface area contributed by atoms with Crippen LogP contribution in [-0.4, -0.2) is 48.5 Å². The van der Waals surface area contributed by atoms with E-state index in [-0.39, 0.29) is 27.2 Å². The number of sulfone groups is 1. The molecular weight excluding hydrogens is 612 g/mol. The second kappa shape index (κ2) is 12.3. The lowest BCUT2D eigenvalue weighted by molar-refractivity contribution is -0.123. The highest BCUT2D eigenvalue weighted by molar-refractivity contribution is 7.92. The van der Waals surface area contributed by atoms with Crippen LogP contribution in [0, 0.1) is 11.6 Å². The van der Waals surface area contributed by atoms with E-state index in [4.69, 9.17) is 9.47 Å². The van der Waals surface area contributed by atoms with Gasteiger partial charge in [0.25, 0.3) is 11.8 Å². The molecule has 0 spiro atoms. The van der Waals surface area contributed by atoms with E-state index in [1.165, 1.54) is 30.5 Å². The molecule has 13 heteroatoms. The van der Waals surface area contributed by atoms with Gasteiger partial charge in [0.05, 0.1) is 16.3 Å². The Morgan fingerprint density at radius 3 is 2.34 bits per heavy atom. The number of nitrogens with zero attached hydrogens (tertiary/aromatic N) is 2. The average Bonchev–Trinajstić information content (AvgIpc) is 3.57. The van der Waals surface area contributed by atoms with Crippen molar-refractivity contribution in [2.24, 2.45) is 0 Å². The van der Waals surface area contributed by atoms with Crippen LogP contribution >= 0.6 is 11.3 Å². The first-order chi connectivity index (χ1) is 21.2. The van der Waals surface area contributed by atoms with Gasteiger partial charge in [-0.25, -0.2) is 22.2 Å². The van der Waals surface area contributed by atoms with Gasteiger partial charge in [0, 0.05) is 30.3 Å². The van der Waals surface area contributed by atoms with Crippen molar-refractivity contribution >= 4 is 38.1 Å². The van der Waals surface area contributed by atoms with Gasteiger partial charge in [-0.2, -0.15) is 0 Å². The molecule has 1 saturated carbocycles. The summed E-state index contributed by atoms with van der Waals surface area (Å²) in [6.07, 6.45) is 3.20. The summed E-state index contributed by atoms with van der Waals surface area (Å²) in [6, 6.07) is 15.0. The number of ether oxygens (including phenoxy) is 2. The number of halogens is 2. The second-order valence-electron chi connectivity index (χ2n) is 10.5. The number of anilines is 1. The molecule has 2 aliphatic rings. The fourth-order valence-corrected chi connectivity index (χ4v) is 7.14. The minimum absolute atomic E-state index is 0.0201. The van der Waals surface area contributed by atoms with Gasteiger partial charge in [0.15, 0.2) is 26.5 Å². The summed E-state index contributed by atoms with van der Waals surface area (Å²) in [4.78, 5) is 32.1. The predicted molar refractivity (Wildman–Crippen MR) is 159 cm³/mol. The highest BCUT2D eigenvalue weighted by Gasteiger charge is 2.37. The Labute approximate surface area is 256 Å². The molecule has 1 atom stereocenters. The SMILES string of the molecule is O=C(Nc1ncc(Oc2ccc(C(=O)N3CCCC3)cc2)s1)C(Oc1ccc(F)cc1F)c1ccc(S(=O)(=O)C2CC2)cc1.